The molecule has 0 aliphatic carbocycles. The first kappa shape index (κ1) is 19.8. The molecule has 0 unspecified atom stereocenters. The Morgan fingerprint density at radius 2 is 1.43 bits per heavy atom. The predicted octanol–water partition coefficient (Wildman–Crippen LogP) is 6.60. The van der Waals surface area contributed by atoms with Crippen LogP contribution in [-0.4, -0.2) is 19.2 Å². The number of rotatable bonds is 4. The molecule has 4 aromatic rings. The van der Waals surface area contributed by atoms with Crippen molar-refractivity contribution in [2.45, 2.75) is 6.18 Å². The van der Waals surface area contributed by atoms with Gasteiger partial charge in [0.1, 0.15) is 0 Å². The number of hydrogen-bond acceptors (Lipinski definition) is 3. The van der Waals surface area contributed by atoms with Crippen molar-refractivity contribution in [3.8, 4) is 33.9 Å². The van der Waals surface area contributed by atoms with E-state index in [9.17, 15) is 13.2 Å². The Balaban J connectivity index is 2.03. The Morgan fingerprint density at radius 3 is 2.03 bits per heavy atom. The van der Waals surface area contributed by atoms with Crippen LogP contribution in [0.5, 0.6) is 11.5 Å². The van der Waals surface area contributed by atoms with Gasteiger partial charge >= 0.3 is 6.18 Å². The lowest BCUT2D eigenvalue weighted by Crippen LogP contribution is -2.04. The molecule has 1 aromatic heterocycles. The Bertz CT molecular complexity index is 1190. The van der Waals surface area contributed by atoms with Crippen LogP contribution in [0.2, 0.25) is 0 Å². The number of benzene rings is 3. The quantitative estimate of drug-likeness (QED) is 0.380. The third-order valence-corrected chi connectivity index (χ3v) is 4.96. The molecule has 0 aliphatic heterocycles. The average Bonchev–Trinajstić information content (AvgIpc) is 2.77. The summed E-state index contributed by atoms with van der Waals surface area (Å²) in [5.74, 6) is 1.08. The van der Waals surface area contributed by atoms with Gasteiger partial charge in [0, 0.05) is 22.7 Å². The van der Waals surface area contributed by atoms with Crippen molar-refractivity contribution in [1.82, 2.24) is 4.98 Å². The van der Waals surface area contributed by atoms with Gasteiger partial charge in [-0.05, 0) is 35.2 Å². The minimum Gasteiger partial charge on any atom is -0.493 e. The second kappa shape index (κ2) is 7.71. The molecule has 3 nitrogen and oxygen atoms in total. The summed E-state index contributed by atoms with van der Waals surface area (Å²) in [6, 6.07) is 18.3. The standard InChI is InChI=1S/C24H18F3NO2/c1-29-20-13-12-18-19(23(20)30-2)14-28-22(16-6-4-3-5-7-16)21(18)15-8-10-17(11-9-15)24(25,26)27/h3-14H,1-2H3. The molecule has 0 N–H and O–H groups in total. The molecule has 6 heteroatoms. The fourth-order valence-corrected chi connectivity index (χ4v) is 3.55. The maximum Gasteiger partial charge on any atom is 0.416 e. The minimum atomic E-state index is -4.39. The molecule has 30 heavy (non-hydrogen) atoms. The van der Waals surface area contributed by atoms with Crippen molar-refractivity contribution in [3.63, 3.8) is 0 Å². The molecule has 0 saturated carbocycles. The van der Waals surface area contributed by atoms with Crippen LogP contribution < -0.4 is 9.47 Å². The SMILES string of the molecule is COc1ccc2c(-c3ccc(C(F)(F)F)cc3)c(-c3ccccc3)ncc2c1OC. The van der Waals surface area contributed by atoms with Gasteiger partial charge in [-0.1, -0.05) is 42.5 Å². The lowest BCUT2D eigenvalue weighted by atomic mass is 9.93. The number of aromatic nitrogens is 1. The number of fused-ring (bicyclic) bond motifs is 1. The molecule has 0 radical (unpaired) electrons. The summed E-state index contributed by atoms with van der Waals surface area (Å²) >= 11 is 0. The molecular weight excluding hydrogens is 391 g/mol. The molecule has 3 aromatic carbocycles. The molecule has 0 amide bonds. The molecule has 0 bridgehead atoms. The van der Waals surface area contributed by atoms with Gasteiger partial charge in [-0.15, -0.1) is 0 Å². The van der Waals surface area contributed by atoms with Crippen LogP contribution in [0.15, 0.2) is 72.9 Å². The van der Waals surface area contributed by atoms with Gasteiger partial charge in [-0.25, -0.2) is 0 Å². The van der Waals surface area contributed by atoms with E-state index in [1.165, 1.54) is 12.1 Å². The molecule has 152 valence electrons. The lowest BCUT2D eigenvalue weighted by Gasteiger charge is -2.17. The largest absolute Gasteiger partial charge is 0.493 e. The highest BCUT2D eigenvalue weighted by Crippen LogP contribution is 2.43. The van der Waals surface area contributed by atoms with Crippen molar-refractivity contribution >= 4 is 10.8 Å². The number of nitrogens with zero attached hydrogens (tertiary/aromatic N) is 1. The number of pyridine rings is 1. The maximum absolute atomic E-state index is 13.1. The van der Waals surface area contributed by atoms with Gasteiger partial charge in [0.05, 0.1) is 25.5 Å². The Hall–Kier alpha value is -3.54. The smallest absolute Gasteiger partial charge is 0.416 e. The second-order valence-electron chi connectivity index (χ2n) is 6.69. The molecule has 0 spiro atoms. The summed E-state index contributed by atoms with van der Waals surface area (Å²) in [7, 11) is 3.09. The molecule has 0 saturated heterocycles. The van der Waals surface area contributed by atoms with Crippen LogP contribution in [0.1, 0.15) is 5.56 Å². The predicted molar refractivity (Wildman–Crippen MR) is 111 cm³/mol. The van der Waals surface area contributed by atoms with E-state index >= 15 is 0 Å². The highest BCUT2D eigenvalue weighted by molar-refractivity contribution is 6.05. The van der Waals surface area contributed by atoms with Crippen LogP contribution in [0.25, 0.3) is 33.2 Å². The van der Waals surface area contributed by atoms with E-state index in [0.717, 1.165) is 28.6 Å². The van der Waals surface area contributed by atoms with Gasteiger partial charge in [-0.2, -0.15) is 13.2 Å². The summed E-state index contributed by atoms with van der Waals surface area (Å²) in [5, 5.41) is 1.52. The molecular formula is C24H18F3NO2. The topological polar surface area (TPSA) is 31.4 Å². The van der Waals surface area contributed by atoms with E-state index in [2.05, 4.69) is 4.98 Å². The van der Waals surface area contributed by atoms with Crippen LogP contribution in [0.3, 0.4) is 0 Å². The van der Waals surface area contributed by atoms with E-state index in [4.69, 9.17) is 9.47 Å². The molecule has 0 atom stereocenters. The first-order valence-corrected chi connectivity index (χ1v) is 9.20. The Morgan fingerprint density at radius 1 is 0.733 bits per heavy atom. The van der Waals surface area contributed by atoms with E-state index in [1.807, 2.05) is 36.4 Å². The van der Waals surface area contributed by atoms with Crippen molar-refractivity contribution in [1.29, 1.82) is 0 Å². The number of alkyl halides is 3. The van der Waals surface area contributed by atoms with Gasteiger partial charge < -0.3 is 9.47 Å². The minimum absolute atomic E-state index is 0.523. The molecule has 0 aliphatic rings. The average molecular weight is 409 g/mol. The van der Waals surface area contributed by atoms with Gasteiger partial charge in [-0.3, -0.25) is 4.98 Å². The van der Waals surface area contributed by atoms with Gasteiger partial charge in [0.25, 0.3) is 0 Å². The number of hydrogen-bond donors (Lipinski definition) is 0. The van der Waals surface area contributed by atoms with Crippen molar-refractivity contribution < 1.29 is 22.6 Å². The number of methoxy groups -OCH3 is 2. The van der Waals surface area contributed by atoms with Crippen molar-refractivity contribution in [2.24, 2.45) is 0 Å². The summed E-state index contributed by atoms with van der Waals surface area (Å²) in [4.78, 5) is 4.65. The Kier molecular flexibility index (Phi) is 5.08. The van der Waals surface area contributed by atoms with E-state index < -0.39 is 11.7 Å². The second-order valence-corrected chi connectivity index (χ2v) is 6.69. The van der Waals surface area contributed by atoms with Crippen molar-refractivity contribution in [2.75, 3.05) is 14.2 Å². The number of ether oxygens (including phenoxy) is 2. The van der Waals surface area contributed by atoms with E-state index in [-0.39, 0.29) is 0 Å². The first-order valence-electron chi connectivity index (χ1n) is 9.20. The monoisotopic (exact) mass is 409 g/mol. The normalized spacial score (nSPS) is 11.5. The fraction of sp³-hybridized carbons (Fsp3) is 0.125. The summed E-state index contributed by atoms with van der Waals surface area (Å²) < 4.78 is 50.1. The summed E-state index contributed by atoms with van der Waals surface area (Å²) in [5.41, 5.74) is 2.21. The van der Waals surface area contributed by atoms with Crippen LogP contribution in [-0.2, 0) is 6.18 Å². The van der Waals surface area contributed by atoms with Crippen LogP contribution in [0.4, 0.5) is 13.2 Å². The molecule has 0 fully saturated rings. The highest BCUT2D eigenvalue weighted by Gasteiger charge is 2.30. The van der Waals surface area contributed by atoms with Gasteiger partial charge in [0.2, 0.25) is 0 Å². The van der Waals surface area contributed by atoms with Crippen LogP contribution >= 0.6 is 0 Å². The van der Waals surface area contributed by atoms with Crippen LogP contribution in [0, 0.1) is 0 Å². The highest BCUT2D eigenvalue weighted by atomic mass is 19.4. The summed E-state index contributed by atoms with van der Waals surface area (Å²) in [6.45, 7) is 0. The van der Waals surface area contributed by atoms with Crippen molar-refractivity contribution in [3.05, 3.63) is 78.5 Å². The first-order chi connectivity index (χ1) is 14.4. The van der Waals surface area contributed by atoms with E-state index in [1.54, 1.807) is 26.5 Å². The fourth-order valence-electron chi connectivity index (χ4n) is 3.55. The van der Waals surface area contributed by atoms with E-state index in [0.29, 0.717) is 28.1 Å². The third kappa shape index (κ3) is 3.45. The third-order valence-electron chi connectivity index (χ3n) is 4.96. The number of halogens is 3. The molecule has 4 rings (SSSR count). The lowest BCUT2D eigenvalue weighted by molar-refractivity contribution is -0.137. The zero-order valence-corrected chi connectivity index (χ0v) is 16.3. The summed E-state index contributed by atoms with van der Waals surface area (Å²) in [6.07, 6.45) is -2.69. The zero-order valence-electron chi connectivity index (χ0n) is 16.3. The maximum atomic E-state index is 13.1. The van der Waals surface area contributed by atoms with Gasteiger partial charge in [0.15, 0.2) is 11.5 Å². The molecule has 1 heterocycles. The Labute approximate surface area is 171 Å². The zero-order chi connectivity index (χ0) is 21.3.